The SMILES string of the molecule is COc1ccc(NC(=O)C(C)N2CCC(C(=O)Nc3ccccc3)CC2)cc1. The van der Waals surface area contributed by atoms with Crippen LogP contribution in [0.15, 0.2) is 54.6 Å². The standard InChI is InChI=1S/C22H27N3O3/c1-16(21(26)23-19-8-10-20(28-2)11-9-19)25-14-12-17(13-15-25)22(27)24-18-6-4-3-5-7-18/h3-11,16-17H,12-15H2,1-2H3,(H,23,26)(H,24,27). The van der Waals surface area contributed by atoms with Crippen molar-refractivity contribution < 1.29 is 14.3 Å². The van der Waals surface area contributed by atoms with Crippen LogP contribution in [0.2, 0.25) is 0 Å². The fourth-order valence-electron chi connectivity index (χ4n) is 3.40. The molecule has 1 unspecified atom stereocenters. The van der Waals surface area contributed by atoms with E-state index in [4.69, 9.17) is 4.74 Å². The van der Waals surface area contributed by atoms with Gasteiger partial charge in [-0.25, -0.2) is 0 Å². The summed E-state index contributed by atoms with van der Waals surface area (Å²) in [5.74, 6) is 0.744. The molecule has 3 rings (SSSR count). The Kier molecular flexibility index (Phi) is 6.66. The van der Waals surface area contributed by atoms with E-state index >= 15 is 0 Å². The third-order valence-electron chi connectivity index (χ3n) is 5.23. The summed E-state index contributed by atoms with van der Waals surface area (Å²) in [6, 6.07) is 16.5. The molecule has 1 atom stereocenters. The number of likely N-dealkylation sites (tertiary alicyclic amines) is 1. The largest absolute Gasteiger partial charge is 0.497 e. The minimum atomic E-state index is -0.250. The Morgan fingerprint density at radius 1 is 0.964 bits per heavy atom. The van der Waals surface area contributed by atoms with E-state index in [0.717, 1.165) is 43.1 Å². The van der Waals surface area contributed by atoms with Crippen molar-refractivity contribution in [2.75, 3.05) is 30.8 Å². The molecule has 2 aromatic rings. The summed E-state index contributed by atoms with van der Waals surface area (Å²) in [4.78, 5) is 27.1. The molecular weight excluding hydrogens is 354 g/mol. The quantitative estimate of drug-likeness (QED) is 0.805. The minimum absolute atomic E-state index is 0.0201. The second-order valence-corrected chi connectivity index (χ2v) is 7.06. The number of hydrogen-bond donors (Lipinski definition) is 2. The number of benzene rings is 2. The molecule has 1 fully saturated rings. The predicted octanol–water partition coefficient (Wildman–Crippen LogP) is 3.37. The topological polar surface area (TPSA) is 70.7 Å². The molecule has 0 aromatic heterocycles. The van der Waals surface area contributed by atoms with Crippen molar-refractivity contribution in [3.05, 3.63) is 54.6 Å². The van der Waals surface area contributed by atoms with Gasteiger partial charge in [0.05, 0.1) is 13.2 Å². The average Bonchev–Trinajstić information content (AvgIpc) is 2.74. The van der Waals surface area contributed by atoms with Gasteiger partial charge in [-0.2, -0.15) is 0 Å². The summed E-state index contributed by atoms with van der Waals surface area (Å²) >= 11 is 0. The maximum absolute atomic E-state index is 12.6. The summed E-state index contributed by atoms with van der Waals surface area (Å²) < 4.78 is 5.13. The van der Waals surface area contributed by atoms with Crippen LogP contribution < -0.4 is 15.4 Å². The second-order valence-electron chi connectivity index (χ2n) is 7.06. The first kappa shape index (κ1) is 19.9. The number of carbonyl (C=O) groups is 2. The first-order valence-corrected chi connectivity index (χ1v) is 9.61. The Labute approximate surface area is 165 Å². The zero-order chi connectivity index (χ0) is 19.9. The highest BCUT2D eigenvalue weighted by molar-refractivity contribution is 5.95. The van der Waals surface area contributed by atoms with Gasteiger partial charge in [0.2, 0.25) is 11.8 Å². The van der Waals surface area contributed by atoms with Crippen molar-refractivity contribution in [1.29, 1.82) is 0 Å². The number of hydrogen-bond acceptors (Lipinski definition) is 4. The number of piperidine rings is 1. The number of amides is 2. The van der Waals surface area contributed by atoms with Gasteiger partial charge in [-0.1, -0.05) is 18.2 Å². The van der Waals surface area contributed by atoms with Crippen LogP contribution in [0.25, 0.3) is 0 Å². The van der Waals surface area contributed by atoms with E-state index < -0.39 is 0 Å². The van der Waals surface area contributed by atoms with Gasteiger partial charge in [-0.05, 0) is 69.3 Å². The first-order chi connectivity index (χ1) is 13.6. The molecule has 6 nitrogen and oxygen atoms in total. The third-order valence-corrected chi connectivity index (χ3v) is 5.23. The molecule has 1 heterocycles. The van der Waals surface area contributed by atoms with Crippen LogP contribution in [0.1, 0.15) is 19.8 Å². The van der Waals surface area contributed by atoms with Crippen molar-refractivity contribution in [2.45, 2.75) is 25.8 Å². The van der Waals surface area contributed by atoms with Gasteiger partial charge in [0, 0.05) is 17.3 Å². The Bertz CT molecular complexity index is 784. The van der Waals surface area contributed by atoms with E-state index in [1.807, 2.05) is 61.5 Å². The monoisotopic (exact) mass is 381 g/mol. The van der Waals surface area contributed by atoms with Crippen molar-refractivity contribution in [1.82, 2.24) is 4.90 Å². The van der Waals surface area contributed by atoms with Crippen LogP contribution in [0.5, 0.6) is 5.75 Å². The summed E-state index contributed by atoms with van der Waals surface area (Å²) in [7, 11) is 1.61. The van der Waals surface area contributed by atoms with Crippen molar-refractivity contribution in [3.8, 4) is 5.75 Å². The van der Waals surface area contributed by atoms with E-state index in [1.165, 1.54) is 0 Å². The fraction of sp³-hybridized carbons (Fsp3) is 0.364. The van der Waals surface area contributed by atoms with Crippen LogP contribution in [-0.4, -0.2) is 43.0 Å². The van der Waals surface area contributed by atoms with Gasteiger partial charge < -0.3 is 15.4 Å². The number of methoxy groups -OCH3 is 1. The average molecular weight is 381 g/mol. The van der Waals surface area contributed by atoms with Crippen LogP contribution in [0.3, 0.4) is 0 Å². The molecule has 2 aromatic carbocycles. The summed E-state index contributed by atoms with van der Waals surface area (Å²) in [6.45, 7) is 3.36. The van der Waals surface area contributed by atoms with E-state index in [0.29, 0.717) is 0 Å². The van der Waals surface area contributed by atoms with E-state index in [9.17, 15) is 9.59 Å². The molecule has 28 heavy (non-hydrogen) atoms. The van der Waals surface area contributed by atoms with Crippen LogP contribution in [0.4, 0.5) is 11.4 Å². The van der Waals surface area contributed by atoms with Crippen LogP contribution >= 0.6 is 0 Å². The number of carbonyl (C=O) groups excluding carboxylic acids is 2. The predicted molar refractivity (Wildman–Crippen MR) is 110 cm³/mol. The number of rotatable bonds is 6. The number of anilines is 2. The van der Waals surface area contributed by atoms with E-state index in [1.54, 1.807) is 7.11 Å². The molecule has 0 aliphatic carbocycles. The lowest BCUT2D eigenvalue weighted by Gasteiger charge is -2.34. The zero-order valence-corrected chi connectivity index (χ0v) is 16.4. The van der Waals surface area contributed by atoms with Crippen molar-refractivity contribution in [2.24, 2.45) is 5.92 Å². The summed E-state index contributed by atoms with van der Waals surface area (Å²) in [6.07, 6.45) is 1.50. The molecule has 0 spiro atoms. The van der Waals surface area contributed by atoms with E-state index in [-0.39, 0.29) is 23.8 Å². The lowest BCUT2D eigenvalue weighted by Crippen LogP contribution is -2.47. The number of nitrogens with one attached hydrogen (secondary N) is 2. The summed E-state index contributed by atoms with van der Waals surface area (Å²) in [5, 5.41) is 5.91. The zero-order valence-electron chi connectivity index (χ0n) is 16.4. The molecule has 1 aliphatic rings. The second kappa shape index (κ2) is 9.37. The molecule has 1 saturated heterocycles. The van der Waals surface area contributed by atoms with Gasteiger partial charge in [0.15, 0.2) is 0 Å². The van der Waals surface area contributed by atoms with Crippen molar-refractivity contribution >= 4 is 23.2 Å². The van der Waals surface area contributed by atoms with Gasteiger partial charge in [0.1, 0.15) is 5.75 Å². The molecule has 0 saturated carbocycles. The molecule has 2 amide bonds. The molecule has 0 bridgehead atoms. The highest BCUT2D eigenvalue weighted by atomic mass is 16.5. The first-order valence-electron chi connectivity index (χ1n) is 9.61. The maximum atomic E-state index is 12.6. The third kappa shape index (κ3) is 5.10. The van der Waals surface area contributed by atoms with Gasteiger partial charge in [-0.15, -0.1) is 0 Å². The minimum Gasteiger partial charge on any atom is -0.497 e. The normalized spacial score (nSPS) is 16.2. The number of para-hydroxylation sites is 1. The van der Waals surface area contributed by atoms with E-state index in [2.05, 4.69) is 15.5 Å². The maximum Gasteiger partial charge on any atom is 0.241 e. The molecule has 2 N–H and O–H groups in total. The smallest absolute Gasteiger partial charge is 0.241 e. The lowest BCUT2D eigenvalue weighted by atomic mass is 9.94. The molecule has 6 heteroatoms. The van der Waals surface area contributed by atoms with Gasteiger partial charge in [0.25, 0.3) is 0 Å². The van der Waals surface area contributed by atoms with Crippen LogP contribution in [0, 0.1) is 5.92 Å². The highest BCUT2D eigenvalue weighted by Crippen LogP contribution is 2.22. The Morgan fingerprint density at radius 2 is 1.57 bits per heavy atom. The summed E-state index contributed by atoms with van der Waals surface area (Å²) in [5.41, 5.74) is 1.57. The molecular formula is C22H27N3O3. The number of nitrogens with zero attached hydrogens (tertiary/aromatic N) is 1. The number of ether oxygens (including phenoxy) is 1. The fourth-order valence-corrected chi connectivity index (χ4v) is 3.40. The Balaban J connectivity index is 1.47. The molecule has 148 valence electrons. The lowest BCUT2D eigenvalue weighted by molar-refractivity contribution is -0.123. The van der Waals surface area contributed by atoms with Crippen LogP contribution in [-0.2, 0) is 9.59 Å². The van der Waals surface area contributed by atoms with Crippen molar-refractivity contribution in [3.63, 3.8) is 0 Å². The molecule has 0 radical (unpaired) electrons. The Hall–Kier alpha value is -2.86. The Morgan fingerprint density at radius 3 is 2.18 bits per heavy atom. The molecule has 1 aliphatic heterocycles. The highest BCUT2D eigenvalue weighted by Gasteiger charge is 2.29. The van der Waals surface area contributed by atoms with Gasteiger partial charge in [-0.3, -0.25) is 14.5 Å². The van der Waals surface area contributed by atoms with Gasteiger partial charge >= 0.3 is 0 Å².